The van der Waals surface area contributed by atoms with Crippen LogP contribution in [0.5, 0.6) is 0 Å². The van der Waals surface area contributed by atoms with E-state index in [1.165, 1.54) is 19.7 Å². The molecular weight excluding hydrogens is 486 g/mol. The molecule has 0 bridgehead atoms. The predicted octanol–water partition coefficient (Wildman–Crippen LogP) is 3.44. The third kappa shape index (κ3) is 7.09. The Morgan fingerprint density at radius 3 is 2.54 bits per heavy atom. The molecule has 0 spiro atoms. The van der Waals surface area contributed by atoms with Crippen molar-refractivity contribution in [2.24, 2.45) is 17.5 Å². The molecule has 0 radical (unpaired) electrons. The molecule has 162 valence electrons. The summed E-state index contributed by atoms with van der Waals surface area (Å²) in [7, 11) is 1.47. The summed E-state index contributed by atoms with van der Waals surface area (Å²) in [6.45, 7) is 3.20. The minimum atomic E-state index is -4.49. The van der Waals surface area contributed by atoms with Gasteiger partial charge in [-0.15, -0.1) is 24.0 Å². The molecule has 0 aliphatic heterocycles. The van der Waals surface area contributed by atoms with Crippen LogP contribution in [0.25, 0.3) is 0 Å². The van der Waals surface area contributed by atoms with Crippen molar-refractivity contribution >= 4 is 29.9 Å². The molecule has 1 aromatic heterocycles. The number of aliphatic imine (C=N–C) groups is 1. The van der Waals surface area contributed by atoms with Gasteiger partial charge in [0.1, 0.15) is 0 Å². The Kier molecular flexibility index (Phi) is 10.0. The van der Waals surface area contributed by atoms with Crippen molar-refractivity contribution < 1.29 is 18.3 Å². The van der Waals surface area contributed by atoms with Gasteiger partial charge < -0.3 is 15.7 Å². The van der Waals surface area contributed by atoms with E-state index in [9.17, 15) is 18.3 Å². The maximum atomic E-state index is 13.1. The van der Waals surface area contributed by atoms with E-state index >= 15 is 0 Å². The van der Waals surface area contributed by atoms with Crippen LogP contribution in [0.15, 0.2) is 11.2 Å². The highest BCUT2D eigenvalue weighted by Gasteiger charge is 2.37. The molecule has 0 unspecified atom stereocenters. The van der Waals surface area contributed by atoms with Gasteiger partial charge in [0, 0.05) is 38.5 Å². The molecule has 28 heavy (non-hydrogen) atoms. The summed E-state index contributed by atoms with van der Waals surface area (Å²) >= 11 is 0. The average molecular weight is 517 g/mol. The predicted molar refractivity (Wildman–Crippen MR) is 114 cm³/mol. The standard InChI is InChI=1S/C18H30F3N5O.HI/c1-3-22-16(24-13-17(9-10-27)7-5-4-6-8-17)23-11-14-12-26(2)25-15(14)18(19,20)21;/h12,27H,3-11,13H2,1-2H3,(H2,22,23,24);1H. The summed E-state index contributed by atoms with van der Waals surface area (Å²) in [6.07, 6.45) is 3.15. The number of aryl methyl sites for hydroxylation is 1. The van der Waals surface area contributed by atoms with E-state index in [0.29, 0.717) is 19.0 Å². The fourth-order valence-electron chi connectivity index (χ4n) is 3.72. The minimum absolute atomic E-state index is 0. The smallest absolute Gasteiger partial charge is 0.396 e. The number of halogens is 4. The Morgan fingerprint density at radius 1 is 1.29 bits per heavy atom. The van der Waals surface area contributed by atoms with E-state index in [-0.39, 0.29) is 48.1 Å². The maximum Gasteiger partial charge on any atom is 0.435 e. The van der Waals surface area contributed by atoms with Crippen LogP contribution in [0.2, 0.25) is 0 Å². The Morgan fingerprint density at radius 2 is 1.96 bits per heavy atom. The zero-order valence-electron chi connectivity index (χ0n) is 16.5. The Hall–Kier alpha value is -1.04. The lowest BCUT2D eigenvalue weighted by atomic mass is 9.72. The van der Waals surface area contributed by atoms with Crippen LogP contribution >= 0.6 is 24.0 Å². The first kappa shape index (κ1) is 25.0. The zero-order chi connectivity index (χ0) is 19.9. The van der Waals surface area contributed by atoms with Gasteiger partial charge >= 0.3 is 6.18 Å². The van der Waals surface area contributed by atoms with Gasteiger partial charge in [-0.2, -0.15) is 18.3 Å². The fourth-order valence-corrected chi connectivity index (χ4v) is 3.72. The molecular formula is C18H31F3IN5O. The van der Waals surface area contributed by atoms with Gasteiger partial charge in [0.2, 0.25) is 0 Å². The summed E-state index contributed by atoms with van der Waals surface area (Å²) < 4.78 is 40.4. The highest BCUT2D eigenvalue weighted by atomic mass is 127. The second-order valence-electron chi connectivity index (χ2n) is 7.26. The Labute approximate surface area is 181 Å². The van der Waals surface area contributed by atoms with Gasteiger partial charge in [-0.05, 0) is 31.6 Å². The molecule has 1 saturated carbocycles. The molecule has 3 N–H and O–H groups in total. The molecule has 1 aromatic rings. The number of guanidine groups is 1. The number of rotatable bonds is 7. The number of nitrogens with zero attached hydrogens (tertiary/aromatic N) is 3. The number of aromatic nitrogens is 2. The molecule has 1 aliphatic carbocycles. The number of aliphatic hydroxyl groups is 1. The first-order valence-corrected chi connectivity index (χ1v) is 9.52. The Balaban J connectivity index is 0.00000392. The van der Waals surface area contributed by atoms with Crippen molar-refractivity contribution in [2.75, 3.05) is 19.7 Å². The number of hydrogen-bond acceptors (Lipinski definition) is 3. The summed E-state index contributed by atoms with van der Waals surface area (Å²) in [6, 6.07) is 0. The first-order chi connectivity index (χ1) is 12.8. The number of alkyl halides is 3. The SMILES string of the molecule is CCNC(=NCc1cn(C)nc1C(F)(F)F)NCC1(CCO)CCCCC1.I. The van der Waals surface area contributed by atoms with Crippen molar-refractivity contribution in [3.63, 3.8) is 0 Å². The van der Waals surface area contributed by atoms with Gasteiger partial charge in [-0.3, -0.25) is 4.68 Å². The van der Waals surface area contributed by atoms with Crippen molar-refractivity contribution in [3.8, 4) is 0 Å². The number of aliphatic hydroxyl groups excluding tert-OH is 1. The monoisotopic (exact) mass is 517 g/mol. The van der Waals surface area contributed by atoms with Crippen molar-refractivity contribution in [1.29, 1.82) is 0 Å². The summed E-state index contributed by atoms with van der Waals surface area (Å²) in [5.74, 6) is 0.484. The van der Waals surface area contributed by atoms with E-state index in [1.54, 1.807) is 0 Å². The zero-order valence-corrected chi connectivity index (χ0v) is 18.8. The van der Waals surface area contributed by atoms with Gasteiger partial charge in [0.25, 0.3) is 0 Å². The lowest BCUT2D eigenvalue weighted by molar-refractivity contribution is -0.142. The van der Waals surface area contributed by atoms with Crippen LogP contribution in [-0.4, -0.2) is 40.5 Å². The minimum Gasteiger partial charge on any atom is -0.396 e. The summed E-state index contributed by atoms with van der Waals surface area (Å²) in [5, 5.41) is 19.3. The highest BCUT2D eigenvalue weighted by molar-refractivity contribution is 14.0. The van der Waals surface area contributed by atoms with Gasteiger partial charge in [0.15, 0.2) is 11.7 Å². The molecule has 1 fully saturated rings. The van der Waals surface area contributed by atoms with E-state index in [2.05, 4.69) is 20.7 Å². The first-order valence-electron chi connectivity index (χ1n) is 9.52. The third-order valence-electron chi connectivity index (χ3n) is 5.11. The van der Waals surface area contributed by atoms with Crippen LogP contribution in [-0.2, 0) is 19.8 Å². The second-order valence-corrected chi connectivity index (χ2v) is 7.26. The van der Waals surface area contributed by atoms with E-state index in [1.807, 2.05) is 6.92 Å². The molecule has 1 heterocycles. The topological polar surface area (TPSA) is 74.5 Å². The molecule has 10 heteroatoms. The van der Waals surface area contributed by atoms with E-state index < -0.39 is 11.9 Å². The maximum absolute atomic E-state index is 13.1. The molecule has 6 nitrogen and oxygen atoms in total. The largest absolute Gasteiger partial charge is 0.435 e. The fraction of sp³-hybridized carbons (Fsp3) is 0.778. The van der Waals surface area contributed by atoms with Crippen LogP contribution in [0.3, 0.4) is 0 Å². The summed E-state index contributed by atoms with van der Waals surface area (Å²) in [4.78, 5) is 4.33. The number of hydrogen-bond donors (Lipinski definition) is 3. The van der Waals surface area contributed by atoms with Crippen LogP contribution in [0.1, 0.15) is 56.7 Å². The van der Waals surface area contributed by atoms with Crippen LogP contribution in [0, 0.1) is 5.41 Å². The third-order valence-corrected chi connectivity index (χ3v) is 5.11. The van der Waals surface area contributed by atoms with Gasteiger partial charge in [-0.1, -0.05) is 19.3 Å². The quantitative estimate of drug-likeness (QED) is 0.295. The molecule has 1 aliphatic rings. The molecule has 0 atom stereocenters. The molecule has 0 aromatic carbocycles. The lowest BCUT2D eigenvalue weighted by Gasteiger charge is -2.37. The van der Waals surface area contributed by atoms with Crippen LogP contribution < -0.4 is 10.6 Å². The lowest BCUT2D eigenvalue weighted by Crippen LogP contribution is -2.45. The molecule has 0 amide bonds. The van der Waals surface area contributed by atoms with E-state index in [0.717, 1.165) is 36.8 Å². The van der Waals surface area contributed by atoms with Crippen molar-refractivity contribution in [2.45, 2.75) is 58.2 Å². The van der Waals surface area contributed by atoms with Gasteiger partial charge in [-0.25, -0.2) is 4.99 Å². The average Bonchev–Trinajstić information content (AvgIpc) is 3.00. The van der Waals surface area contributed by atoms with Crippen molar-refractivity contribution in [3.05, 3.63) is 17.5 Å². The highest BCUT2D eigenvalue weighted by Crippen LogP contribution is 2.38. The van der Waals surface area contributed by atoms with E-state index in [4.69, 9.17) is 0 Å². The number of nitrogens with one attached hydrogen (secondary N) is 2. The van der Waals surface area contributed by atoms with Gasteiger partial charge in [0.05, 0.1) is 6.54 Å². The second kappa shape index (κ2) is 11.2. The normalized spacial score (nSPS) is 17.1. The molecule has 0 saturated heterocycles. The Bertz CT molecular complexity index is 622. The van der Waals surface area contributed by atoms with Crippen LogP contribution in [0.4, 0.5) is 13.2 Å². The summed E-state index contributed by atoms with van der Waals surface area (Å²) in [5.41, 5.74) is -0.826. The molecule has 2 rings (SSSR count). The van der Waals surface area contributed by atoms with Crippen molar-refractivity contribution in [1.82, 2.24) is 20.4 Å².